The highest BCUT2D eigenvalue weighted by Crippen LogP contribution is 2.28. The third kappa shape index (κ3) is 5.19. The Bertz CT molecular complexity index is 656. The first-order valence-electron chi connectivity index (χ1n) is 8.69. The summed E-state index contributed by atoms with van der Waals surface area (Å²) in [6.07, 6.45) is 12.1. The topological polar surface area (TPSA) is 38.7 Å². The standard InChI is InChI=1S/C21H27NO2/c1-4-7-16(2)14-17-10-12-18(13-11-17)15-22-20-9-6-5-8-19(20)21(23)24-3/h5-10,15,18H,4,11-14H2,1-3H3. The van der Waals surface area contributed by atoms with Crippen LogP contribution in [0.2, 0.25) is 0 Å². The summed E-state index contributed by atoms with van der Waals surface area (Å²) in [7, 11) is 1.39. The molecule has 3 heteroatoms. The van der Waals surface area contributed by atoms with E-state index in [0.717, 1.165) is 32.1 Å². The van der Waals surface area contributed by atoms with E-state index >= 15 is 0 Å². The van der Waals surface area contributed by atoms with Gasteiger partial charge < -0.3 is 4.74 Å². The Labute approximate surface area is 145 Å². The van der Waals surface area contributed by atoms with E-state index in [1.54, 1.807) is 6.07 Å². The first kappa shape index (κ1) is 18.2. The predicted molar refractivity (Wildman–Crippen MR) is 100 cm³/mol. The number of hydrogen-bond donors (Lipinski definition) is 0. The van der Waals surface area contributed by atoms with Gasteiger partial charge >= 0.3 is 5.97 Å². The molecule has 0 bridgehead atoms. The lowest BCUT2D eigenvalue weighted by Crippen LogP contribution is -2.07. The zero-order valence-electron chi connectivity index (χ0n) is 14.9. The van der Waals surface area contributed by atoms with Crippen molar-refractivity contribution in [3.63, 3.8) is 0 Å². The molecule has 1 aromatic carbocycles. The smallest absolute Gasteiger partial charge is 0.340 e. The van der Waals surface area contributed by atoms with Crippen LogP contribution >= 0.6 is 0 Å². The predicted octanol–water partition coefficient (Wildman–Crippen LogP) is 5.65. The van der Waals surface area contributed by atoms with Gasteiger partial charge in [0.25, 0.3) is 0 Å². The average molecular weight is 325 g/mol. The maximum absolute atomic E-state index is 11.8. The lowest BCUT2D eigenvalue weighted by atomic mass is 9.87. The Morgan fingerprint density at radius 1 is 1.38 bits per heavy atom. The fourth-order valence-corrected chi connectivity index (χ4v) is 3.04. The van der Waals surface area contributed by atoms with Gasteiger partial charge in [0.05, 0.1) is 18.4 Å². The van der Waals surface area contributed by atoms with Crippen LogP contribution in [-0.2, 0) is 4.74 Å². The van der Waals surface area contributed by atoms with Crippen molar-refractivity contribution in [3.8, 4) is 0 Å². The second-order valence-corrected chi connectivity index (χ2v) is 6.32. The van der Waals surface area contributed by atoms with E-state index in [4.69, 9.17) is 4.74 Å². The third-order valence-electron chi connectivity index (χ3n) is 4.34. The molecule has 0 fully saturated rings. The quantitative estimate of drug-likeness (QED) is 0.385. The van der Waals surface area contributed by atoms with Gasteiger partial charge in [0.15, 0.2) is 0 Å². The summed E-state index contributed by atoms with van der Waals surface area (Å²) in [5, 5.41) is 0. The van der Waals surface area contributed by atoms with E-state index < -0.39 is 0 Å². The van der Waals surface area contributed by atoms with Crippen molar-refractivity contribution in [2.45, 2.75) is 46.0 Å². The molecule has 0 heterocycles. The minimum atomic E-state index is -0.341. The van der Waals surface area contributed by atoms with Crippen LogP contribution in [0.25, 0.3) is 0 Å². The molecule has 0 saturated carbocycles. The Morgan fingerprint density at radius 2 is 2.17 bits per heavy atom. The molecular formula is C21H27NO2. The number of para-hydroxylation sites is 1. The van der Waals surface area contributed by atoms with Crippen molar-refractivity contribution in [3.05, 3.63) is 53.1 Å². The van der Waals surface area contributed by atoms with Crippen LogP contribution in [-0.4, -0.2) is 19.3 Å². The van der Waals surface area contributed by atoms with Gasteiger partial charge in [-0.05, 0) is 57.1 Å². The summed E-state index contributed by atoms with van der Waals surface area (Å²) in [5.74, 6) is 0.0988. The normalized spacial score (nSPS) is 18.5. The highest BCUT2D eigenvalue weighted by Gasteiger charge is 2.14. The number of carbonyl (C=O) groups is 1. The molecule has 1 unspecified atom stereocenters. The molecule has 1 atom stereocenters. The molecule has 0 saturated heterocycles. The number of ether oxygens (including phenoxy) is 1. The van der Waals surface area contributed by atoms with E-state index in [-0.39, 0.29) is 5.97 Å². The van der Waals surface area contributed by atoms with Crippen molar-refractivity contribution in [2.75, 3.05) is 7.11 Å². The van der Waals surface area contributed by atoms with E-state index in [1.165, 1.54) is 18.3 Å². The number of hydrogen-bond acceptors (Lipinski definition) is 3. The minimum absolute atomic E-state index is 0.341. The molecule has 0 aliphatic heterocycles. The second kappa shape index (κ2) is 9.21. The average Bonchev–Trinajstić information content (AvgIpc) is 2.61. The van der Waals surface area contributed by atoms with Crippen LogP contribution in [0.3, 0.4) is 0 Å². The molecular weight excluding hydrogens is 298 g/mol. The van der Waals surface area contributed by atoms with Gasteiger partial charge in [-0.1, -0.05) is 42.4 Å². The third-order valence-corrected chi connectivity index (χ3v) is 4.34. The van der Waals surface area contributed by atoms with Crippen LogP contribution in [0.15, 0.2) is 52.6 Å². The molecule has 1 aliphatic rings. The molecule has 3 nitrogen and oxygen atoms in total. The number of nitrogens with zero attached hydrogens (tertiary/aromatic N) is 1. The number of rotatable bonds is 6. The number of aliphatic imine (C=N–C) groups is 1. The highest BCUT2D eigenvalue weighted by atomic mass is 16.5. The fourth-order valence-electron chi connectivity index (χ4n) is 3.04. The number of carbonyl (C=O) groups excluding carboxylic acids is 1. The zero-order valence-corrected chi connectivity index (χ0v) is 14.9. The largest absolute Gasteiger partial charge is 0.465 e. The zero-order chi connectivity index (χ0) is 17.4. The molecule has 24 heavy (non-hydrogen) atoms. The maximum Gasteiger partial charge on any atom is 0.340 e. The molecule has 2 rings (SSSR count). The van der Waals surface area contributed by atoms with Crippen LogP contribution in [0.1, 0.15) is 56.3 Å². The summed E-state index contributed by atoms with van der Waals surface area (Å²) in [6.45, 7) is 4.39. The lowest BCUT2D eigenvalue weighted by Gasteiger charge is -2.19. The lowest BCUT2D eigenvalue weighted by molar-refractivity contribution is 0.0601. The number of methoxy groups -OCH3 is 1. The van der Waals surface area contributed by atoms with Crippen molar-refractivity contribution < 1.29 is 9.53 Å². The van der Waals surface area contributed by atoms with Crippen LogP contribution in [0, 0.1) is 5.92 Å². The SMILES string of the molecule is CCC=C(C)CC1=CCC(C=Nc2ccccc2C(=O)OC)CC1. The summed E-state index contributed by atoms with van der Waals surface area (Å²) in [6, 6.07) is 7.32. The minimum Gasteiger partial charge on any atom is -0.465 e. The molecule has 1 aliphatic carbocycles. The molecule has 0 amide bonds. The van der Waals surface area contributed by atoms with Gasteiger partial charge in [-0.15, -0.1) is 0 Å². The summed E-state index contributed by atoms with van der Waals surface area (Å²) < 4.78 is 4.81. The van der Waals surface area contributed by atoms with E-state index in [9.17, 15) is 4.79 Å². The van der Waals surface area contributed by atoms with E-state index in [1.807, 2.05) is 24.4 Å². The Morgan fingerprint density at radius 3 is 2.83 bits per heavy atom. The van der Waals surface area contributed by atoms with Crippen LogP contribution in [0.5, 0.6) is 0 Å². The highest BCUT2D eigenvalue weighted by molar-refractivity contribution is 5.95. The molecule has 0 spiro atoms. The summed E-state index contributed by atoms with van der Waals surface area (Å²) in [5.41, 5.74) is 4.20. The monoisotopic (exact) mass is 325 g/mol. The van der Waals surface area contributed by atoms with Crippen molar-refractivity contribution >= 4 is 17.9 Å². The van der Waals surface area contributed by atoms with Crippen LogP contribution < -0.4 is 0 Å². The first-order valence-corrected chi connectivity index (χ1v) is 8.69. The van der Waals surface area contributed by atoms with Gasteiger partial charge in [-0.3, -0.25) is 4.99 Å². The van der Waals surface area contributed by atoms with E-state index in [0.29, 0.717) is 17.2 Å². The Hall–Kier alpha value is -2.16. The molecule has 0 aromatic heterocycles. The number of esters is 1. The molecule has 0 N–H and O–H groups in total. The maximum atomic E-state index is 11.8. The Kier molecular flexibility index (Phi) is 6.98. The van der Waals surface area contributed by atoms with Gasteiger partial charge in [0.1, 0.15) is 0 Å². The van der Waals surface area contributed by atoms with Crippen molar-refractivity contribution in [2.24, 2.45) is 10.9 Å². The van der Waals surface area contributed by atoms with Crippen LogP contribution in [0.4, 0.5) is 5.69 Å². The first-order chi connectivity index (χ1) is 11.6. The van der Waals surface area contributed by atoms with Crippen molar-refractivity contribution in [1.82, 2.24) is 0 Å². The number of benzene rings is 1. The van der Waals surface area contributed by atoms with Gasteiger partial charge in [0.2, 0.25) is 0 Å². The molecule has 0 radical (unpaired) electrons. The van der Waals surface area contributed by atoms with Crippen molar-refractivity contribution in [1.29, 1.82) is 0 Å². The number of allylic oxidation sites excluding steroid dienone is 4. The van der Waals surface area contributed by atoms with E-state index in [2.05, 4.69) is 31.0 Å². The summed E-state index contributed by atoms with van der Waals surface area (Å²) in [4.78, 5) is 16.3. The molecule has 128 valence electrons. The molecule has 1 aromatic rings. The van der Waals surface area contributed by atoms with Gasteiger partial charge in [-0.25, -0.2) is 4.79 Å². The van der Waals surface area contributed by atoms with Gasteiger partial charge in [-0.2, -0.15) is 0 Å². The van der Waals surface area contributed by atoms with Gasteiger partial charge in [0, 0.05) is 6.21 Å². The second-order valence-electron chi connectivity index (χ2n) is 6.32. The fraction of sp³-hybridized carbons (Fsp3) is 0.429. The Balaban J connectivity index is 1.99. The summed E-state index contributed by atoms with van der Waals surface area (Å²) >= 11 is 0.